The SMILES string of the molecule is CS(=O)(=O)CCCC(=O)N1CCC(C(N)=O)CC1. The molecule has 1 fully saturated rings. The number of nitrogens with zero attached hydrogens (tertiary/aromatic N) is 1. The Bertz CT molecular complexity index is 411. The minimum absolute atomic E-state index is 0.0382. The first-order valence-electron chi connectivity index (χ1n) is 6.04. The van der Waals surface area contributed by atoms with Gasteiger partial charge in [-0.25, -0.2) is 8.42 Å². The van der Waals surface area contributed by atoms with Crippen molar-refractivity contribution in [1.29, 1.82) is 0 Å². The first-order valence-corrected chi connectivity index (χ1v) is 8.10. The molecule has 0 spiro atoms. The van der Waals surface area contributed by atoms with E-state index in [1.54, 1.807) is 4.90 Å². The van der Waals surface area contributed by atoms with Crippen LogP contribution in [0.5, 0.6) is 0 Å². The molecule has 6 nitrogen and oxygen atoms in total. The van der Waals surface area contributed by atoms with Gasteiger partial charge in [0, 0.05) is 31.7 Å². The van der Waals surface area contributed by atoms with E-state index >= 15 is 0 Å². The molecule has 1 aliphatic heterocycles. The minimum atomic E-state index is -3.00. The summed E-state index contributed by atoms with van der Waals surface area (Å²) >= 11 is 0. The summed E-state index contributed by atoms with van der Waals surface area (Å²) in [6.07, 6.45) is 2.97. The Hall–Kier alpha value is -1.11. The minimum Gasteiger partial charge on any atom is -0.369 e. The smallest absolute Gasteiger partial charge is 0.222 e. The Morgan fingerprint density at radius 2 is 1.83 bits per heavy atom. The molecule has 7 heteroatoms. The van der Waals surface area contributed by atoms with Gasteiger partial charge in [-0.05, 0) is 19.3 Å². The highest BCUT2D eigenvalue weighted by molar-refractivity contribution is 7.90. The van der Waals surface area contributed by atoms with E-state index in [4.69, 9.17) is 5.73 Å². The zero-order chi connectivity index (χ0) is 13.8. The number of piperidine rings is 1. The van der Waals surface area contributed by atoms with Crippen LogP contribution >= 0.6 is 0 Å². The van der Waals surface area contributed by atoms with Crippen molar-refractivity contribution in [2.24, 2.45) is 11.7 Å². The molecule has 0 aromatic carbocycles. The quantitative estimate of drug-likeness (QED) is 0.734. The third kappa shape index (κ3) is 5.03. The maximum atomic E-state index is 11.8. The van der Waals surface area contributed by atoms with Crippen molar-refractivity contribution in [3.8, 4) is 0 Å². The van der Waals surface area contributed by atoms with Crippen LogP contribution in [0, 0.1) is 5.92 Å². The van der Waals surface area contributed by atoms with Crippen LogP contribution in [-0.2, 0) is 19.4 Å². The molecule has 104 valence electrons. The second kappa shape index (κ2) is 6.17. The van der Waals surface area contributed by atoms with Gasteiger partial charge in [-0.15, -0.1) is 0 Å². The molecule has 1 rings (SSSR count). The summed E-state index contributed by atoms with van der Waals surface area (Å²) in [5.41, 5.74) is 5.21. The number of sulfone groups is 1. The topological polar surface area (TPSA) is 97.5 Å². The molecular weight excluding hydrogens is 256 g/mol. The normalized spacial score (nSPS) is 17.7. The molecule has 1 aliphatic rings. The van der Waals surface area contributed by atoms with Gasteiger partial charge in [0.25, 0.3) is 0 Å². The molecule has 0 atom stereocenters. The highest BCUT2D eigenvalue weighted by Gasteiger charge is 2.25. The lowest BCUT2D eigenvalue weighted by atomic mass is 9.96. The number of hydrogen-bond acceptors (Lipinski definition) is 4. The molecule has 0 unspecified atom stereocenters. The molecule has 0 aromatic heterocycles. The number of primary amides is 1. The highest BCUT2D eigenvalue weighted by atomic mass is 32.2. The largest absolute Gasteiger partial charge is 0.369 e. The fourth-order valence-electron chi connectivity index (χ4n) is 2.06. The Labute approximate surface area is 107 Å². The Balaban J connectivity index is 2.30. The molecule has 0 radical (unpaired) electrons. The van der Waals surface area contributed by atoms with Crippen molar-refractivity contribution in [3.05, 3.63) is 0 Å². The summed E-state index contributed by atoms with van der Waals surface area (Å²) in [5.74, 6) is -0.443. The van der Waals surface area contributed by atoms with Crippen LogP contribution in [0.25, 0.3) is 0 Å². The van der Waals surface area contributed by atoms with E-state index in [1.165, 1.54) is 0 Å². The summed E-state index contributed by atoms with van der Waals surface area (Å²) in [6.45, 7) is 1.07. The number of carbonyl (C=O) groups excluding carboxylic acids is 2. The second-order valence-electron chi connectivity index (χ2n) is 4.79. The fourth-order valence-corrected chi connectivity index (χ4v) is 2.73. The molecule has 2 N–H and O–H groups in total. The van der Waals surface area contributed by atoms with E-state index in [1.807, 2.05) is 0 Å². The standard InChI is InChI=1S/C11H20N2O4S/c1-18(16,17)8-2-3-10(14)13-6-4-9(5-7-13)11(12)15/h9H,2-8H2,1H3,(H2,12,15). The third-order valence-corrected chi connectivity index (χ3v) is 4.19. The average molecular weight is 276 g/mol. The van der Waals surface area contributed by atoms with Gasteiger partial charge in [-0.2, -0.15) is 0 Å². The van der Waals surface area contributed by atoms with Crippen molar-refractivity contribution in [1.82, 2.24) is 4.90 Å². The number of rotatable bonds is 5. The van der Waals surface area contributed by atoms with E-state index in [0.717, 1.165) is 6.26 Å². The fraction of sp³-hybridized carbons (Fsp3) is 0.818. The van der Waals surface area contributed by atoms with Crippen LogP contribution in [0.15, 0.2) is 0 Å². The molecule has 0 aliphatic carbocycles. The molecule has 2 amide bonds. The summed E-state index contributed by atoms with van der Waals surface area (Å²) in [4.78, 5) is 24.4. The van der Waals surface area contributed by atoms with Crippen LogP contribution in [0.4, 0.5) is 0 Å². The third-order valence-electron chi connectivity index (χ3n) is 3.16. The van der Waals surface area contributed by atoms with Gasteiger partial charge in [0.15, 0.2) is 0 Å². The van der Waals surface area contributed by atoms with Crippen LogP contribution in [-0.4, -0.2) is 50.2 Å². The maximum Gasteiger partial charge on any atom is 0.222 e. The van der Waals surface area contributed by atoms with E-state index < -0.39 is 9.84 Å². The summed E-state index contributed by atoms with van der Waals surface area (Å²) in [7, 11) is -3.00. The Kier molecular flexibility index (Phi) is 5.13. The van der Waals surface area contributed by atoms with E-state index in [0.29, 0.717) is 32.4 Å². The van der Waals surface area contributed by atoms with Gasteiger partial charge < -0.3 is 10.6 Å². The number of carbonyl (C=O) groups is 2. The molecular formula is C11H20N2O4S. The second-order valence-corrected chi connectivity index (χ2v) is 7.05. The van der Waals surface area contributed by atoms with Crippen molar-refractivity contribution in [3.63, 3.8) is 0 Å². The number of likely N-dealkylation sites (tertiary alicyclic amines) is 1. The van der Waals surface area contributed by atoms with Crippen molar-refractivity contribution in [2.75, 3.05) is 25.1 Å². The molecule has 1 saturated heterocycles. The van der Waals surface area contributed by atoms with Crippen molar-refractivity contribution >= 4 is 21.7 Å². The lowest BCUT2D eigenvalue weighted by Gasteiger charge is -2.30. The van der Waals surface area contributed by atoms with Crippen LogP contribution in [0.1, 0.15) is 25.7 Å². The summed E-state index contributed by atoms with van der Waals surface area (Å²) in [6, 6.07) is 0. The van der Waals surface area contributed by atoms with Gasteiger partial charge in [0.2, 0.25) is 11.8 Å². The Morgan fingerprint density at radius 1 is 1.28 bits per heavy atom. The van der Waals surface area contributed by atoms with Crippen LogP contribution in [0.3, 0.4) is 0 Å². The van der Waals surface area contributed by atoms with E-state index in [-0.39, 0.29) is 29.9 Å². The van der Waals surface area contributed by atoms with E-state index in [9.17, 15) is 18.0 Å². The van der Waals surface area contributed by atoms with Gasteiger partial charge in [-0.3, -0.25) is 9.59 Å². The van der Waals surface area contributed by atoms with Crippen LogP contribution in [0.2, 0.25) is 0 Å². The maximum absolute atomic E-state index is 11.8. The molecule has 0 aromatic rings. The first-order chi connectivity index (χ1) is 8.29. The molecule has 18 heavy (non-hydrogen) atoms. The van der Waals surface area contributed by atoms with Crippen molar-refractivity contribution < 1.29 is 18.0 Å². The number of nitrogens with two attached hydrogens (primary N) is 1. The van der Waals surface area contributed by atoms with Gasteiger partial charge >= 0.3 is 0 Å². The average Bonchev–Trinajstić information content (AvgIpc) is 2.27. The zero-order valence-electron chi connectivity index (χ0n) is 10.6. The summed E-state index contributed by atoms with van der Waals surface area (Å²) < 4.78 is 21.9. The van der Waals surface area contributed by atoms with Gasteiger partial charge in [0.05, 0.1) is 5.75 Å². The molecule has 1 heterocycles. The predicted octanol–water partition coefficient (Wildman–Crippen LogP) is -0.465. The first kappa shape index (κ1) is 14.9. The predicted molar refractivity (Wildman–Crippen MR) is 67.4 cm³/mol. The Morgan fingerprint density at radius 3 is 2.28 bits per heavy atom. The van der Waals surface area contributed by atoms with Crippen molar-refractivity contribution in [2.45, 2.75) is 25.7 Å². The monoisotopic (exact) mass is 276 g/mol. The molecule has 0 bridgehead atoms. The summed E-state index contributed by atoms with van der Waals surface area (Å²) in [5, 5.41) is 0. The lowest BCUT2D eigenvalue weighted by Crippen LogP contribution is -2.41. The van der Waals surface area contributed by atoms with Crippen LogP contribution < -0.4 is 5.73 Å². The molecule has 0 saturated carbocycles. The highest BCUT2D eigenvalue weighted by Crippen LogP contribution is 2.17. The number of amides is 2. The number of hydrogen-bond donors (Lipinski definition) is 1. The zero-order valence-corrected chi connectivity index (χ0v) is 11.4. The van der Waals surface area contributed by atoms with Gasteiger partial charge in [0.1, 0.15) is 9.84 Å². The van der Waals surface area contributed by atoms with E-state index in [2.05, 4.69) is 0 Å². The lowest BCUT2D eigenvalue weighted by molar-refractivity contribution is -0.134. The van der Waals surface area contributed by atoms with Gasteiger partial charge in [-0.1, -0.05) is 0 Å².